The van der Waals surface area contributed by atoms with Crippen LogP contribution in [0.4, 0.5) is 5.13 Å². The molecule has 6 heteroatoms. The number of hydrogen-bond acceptors (Lipinski definition) is 5. The molecule has 2 aromatic rings. The van der Waals surface area contributed by atoms with E-state index < -0.39 is 0 Å². The van der Waals surface area contributed by atoms with Crippen molar-refractivity contribution < 1.29 is 9.47 Å². The third-order valence-corrected chi connectivity index (χ3v) is 2.88. The summed E-state index contributed by atoms with van der Waals surface area (Å²) >= 11 is 1.41. The molecular weight excluding hydrogens is 260 g/mol. The Kier molecular flexibility index (Phi) is 4.60. The van der Waals surface area contributed by atoms with Gasteiger partial charge in [-0.2, -0.15) is 0 Å². The highest BCUT2D eigenvalue weighted by atomic mass is 35.5. The van der Waals surface area contributed by atoms with Crippen LogP contribution < -0.4 is 15.2 Å². The molecule has 1 aromatic carbocycles. The maximum absolute atomic E-state index is 5.61. The van der Waals surface area contributed by atoms with E-state index in [9.17, 15) is 0 Å². The number of nitrogens with two attached hydrogens (primary N) is 1. The molecule has 0 aliphatic rings. The summed E-state index contributed by atoms with van der Waals surface area (Å²) in [6.45, 7) is 0. The van der Waals surface area contributed by atoms with E-state index in [4.69, 9.17) is 15.2 Å². The average molecular weight is 273 g/mol. The first-order valence-electron chi connectivity index (χ1n) is 4.68. The molecule has 0 aliphatic heterocycles. The summed E-state index contributed by atoms with van der Waals surface area (Å²) in [6, 6.07) is 5.60. The lowest BCUT2D eigenvalue weighted by Crippen LogP contribution is -1.91. The number of thiazole rings is 1. The maximum Gasteiger partial charge on any atom is 0.180 e. The van der Waals surface area contributed by atoms with E-state index in [1.807, 2.05) is 23.6 Å². The van der Waals surface area contributed by atoms with Gasteiger partial charge < -0.3 is 15.2 Å². The molecule has 0 radical (unpaired) electrons. The van der Waals surface area contributed by atoms with Crippen LogP contribution in [0.1, 0.15) is 0 Å². The Bertz CT molecular complexity index is 502. The second-order valence-corrected chi connectivity index (χ2v) is 4.03. The van der Waals surface area contributed by atoms with Gasteiger partial charge in [-0.05, 0) is 12.1 Å². The van der Waals surface area contributed by atoms with E-state index in [0.717, 1.165) is 22.8 Å². The Balaban J connectivity index is 0.00000144. The van der Waals surface area contributed by atoms with E-state index >= 15 is 0 Å². The van der Waals surface area contributed by atoms with E-state index in [2.05, 4.69) is 4.98 Å². The standard InChI is InChI=1S/C11H12N2O2S.ClH/c1-14-7-3-4-8(10(5-7)15-2)9-6-16-11(12)13-9;/h3-6H,1-2H3,(H2,12,13);1H. The highest BCUT2D eigenvalue weighted by Gasteiger charge is 2.10. The van der Waals surface area contributed by atoms with Crippen molar-refractivity contribution in [2.75, 3.05) is 20.0 Å². The van der Waals surface area contributed by atoms with Crippen LogP contribution in [0.25, 0.3) is 11.3 Å². The number of hydrogen-bond donors (Lipinski definition) is 1. The second kappa shape index (κ2) is 5.75. The molecule has 2 rings (SSSR count). The van der Waals surface area contributed by atoms with Crippen LogP contribution in [-0.2, 0) is 0 Å². The van der Waals surface area contributed by atoms with Gasteiger partial charge >= 0.3 is 0 Å². The molecule has 0 amide bonds. The lowest BCUT2D eigenvalue weighted by Gasteiger charge is -2.08. The average Bonchev–Trinajstić information content (AvgIpc) is 2.74. The summed E-state index contributed by atoms with van der Waals surface area (Å²) in [5.41, 5.74) is 7.34. The number of ether oxygens (including phenoxy) is 2. The van der Waals surface area contributed by atoms with Gasteiger partial charge in [-0.1, -0.05) is 0 Å². The normalized spacial score (nSPS) is 9.53. The number of aromatic nitrogens is 1. The monoisotopic (exact) mass is 272 g/mol. The molecule has 4 nitrogen and oxygen atoms in total. The van der Waals surface area contributed by atoms with Crippen LogP contribution >= 0.6 is 23.7 Å². The molecule has 0 aliphatic carbocycles. The summed E-state index contributed by atoms with van der Waals surface area (Å²) in [5.74, 6) is 1.48. The number of rotatable bonds is 3. The zero-order valence-corrected chi connectivity index (χ0v) is 11.1. The van der Waals surface area contributed by atoms with Crippen molar-refractivity contribution in [3.63, 3.8) is 0 Å². The zero-order valence-electron chi connectivity index (χ0n) is 9.47. The predicted molar refractivity (Wildman–Crippen MR) is 72.3 cm³/mol. The van der Waals surface area contributed by atoms with Crippen molar-refractivity contribution in [2.24, 2.45) is 0 Å². The molecule has 0 spiro atoms. The molecule has 0 saturated heterocycles. The maximum atomic E-state index is 5.61. The minimum Gasteiger partial charge on any atom is -0.497 e. The lowest BCUT2D eigenvalue weighted by atomic mass is 10.1. The van der Waals surface area contributed by atoms with Gasteiger partial charge in [0.05, 0.1) is 19.9 Å². The largest absolute Gasteiger partial charge is 0.497 e. The Morgan fingerprint density at radius 1 is 1.24 bits per heavy atom. The topological polar surface area (TPSA) is 57.4 Å². The van der Waals surface area contributed by atoms with Gasteiger partial charge in [-0.15, -0.1) is 23.7 Å². The number of anilines is 1. The molecule has 0 unspecified atom stereocenters. The molecule has 17 heavy (non-hydrogen) atoms. The van der Waals surface area contributed by atoms with Crippen molar-refractivity contribution >= 4 is 28.9 Å². The van der Waals surface area contributed by atoms with Gasteiger partial charge in [0.2, 0.25) is 0 Å². The molecule has 2 N–H and O–H groups in total. The van der Waals surface area contributed by atoms with Crippen molar-refractivity contribution in [3.05, 3.63) is 23.6 Å². The Morgan fingerprint density at radius 3 is 2.53 bits per heavy atom. The van der Waals surface area contributed by atoms with Crippen LogP contribution in [-0.4, -0.2) is 19.2 Å². The summed E-state index contributed by atoms with van der Waals surface area (Å²) in [6.07, 6.45) is 0. The molecule has 0 bridgehead atoms. The smallest absolute Gasteiger partial charge is 0.180 e. The Morgan fingerprint density at radius 2 is 2.00 bits per heavy atom. The Hall–Kier alpha value is -1.46. The predicted octanol–water partition coefficient (Wildman–Crippen LogP) is 2.83. The molecule has 0 saturated carbocycles. The van der Waals surface area contributed by atoms with Crippen LogP contribution in [0, 0.1) is 0 Å². The van der Waals surface area contributed by atoms with Crippen molar-refractivity contribution in [2.45, 2.75) is 0 Å². The molecule has 92 valence electrons. The van der Waals surface area contributed by atoms with Crippen molar-refractivity contribution in [3.8, 4) is 22.8 Å². The molecule has 1 heterocycles. The van der Waals surface area contributed by atoms with Gasteiger partial charge in [0.15, 0.2) is 5.13 Å². The number of nitrogens with zero attached hydrogens (tertiary/aromatic N) is 1. The van der Waals surface area contributed by atoms with Crippen molar-refractivity contribution in [1.82, 2.24) is 4.98 Å². The molecular formula is C11H13ClN2O2S. The minimum absolute atomic E-state index is 0. The fourth-order valence-electron chi connectivity index (χ4n) is 1.42. The van der Waals surface area contributed by atoms with E-state index in [1.165, 1.54) is 11.3 Å². The number of halogens is 1. The number of nitrogen functional groups attached to an aromatic ring is 1. The van der Waals surface area contributed by atoms with Gasteiger partial charge in [0.1, 0.15) is 11.5 Å². The summed E-state index contributed by atoms with van der Waals surface area (Å²) < 4.78 is 10.4. The zero-order chi connectivity index (χ0) is 11.5. The van der Waals surface area contributed by atoms with Crippen LogP contribution in [0.15, 0.2) is 23.6 Å². The van der Waals surface area contributed by atoms with Gasteiger partial charge in [0, 0.05) is 17.0 Å². The van der Waals surface area contributed by atoms with Gasteiger partial charge in [0.25, 0.3) is 0 Å². The highest BCUT2D eigenvalue weighted by Crippen LogP contribution is 2.34. The van der Waals surface area contributed by atoms with Gasteiger partial charge in [-0.3, -0.25) is 0 Å². The lowest BCUT2D eigenvalue weighted by molar-refractivity contribution is 0.395. The summed E-state index contributed by atoms with van der Waals surface area (Å²) in [7, 11) is 3.24. The quantitative estimate of drug-likeness (QED) is 0.933. The van der Waals surface area contributed by atoms with Gasteiger partial charge in [-0.25, -0.2) is 4.98 Å². The first-order valence-corrected chi connectivity index (χ1v) is 5.56. The van der Waals surface area contributed by atoms with Crippen LogP contribution in [0.3, 0.4) is 0 Å². The van der Waals surface area contributed by atoms with Crippen LogP contribution in [0.2, 0.25) is 0 Å². The number of methoxy groups -OCH3 is 2. The Labute approximate surface area is 110 Å². The first kappa shape index (κ1) is 13.6. The highest BCUT2D eigenvalue weighted by molar-refractivity contribution is 7.13. The van der Waals surface area contributed by atoms with E-state index in [-0.39, 0.29) is 12.4 Å². The fourth-order valence-corrected chi connectivity index (χ4v) is 1.98. The fraction of sp³-hybridized carbons (Fsp3) is 0.182. The molecule has 1 aromatic heterocycles. The van der Waals surface area contributed by atoms with E-state index in [0.29, 0.717) is 5.13 Å². The second-order valence-electron chi connectivity index (χ2n) is 3.14. The molecule has 0 fully saturated rings. The minimum atomic E-state index is 0. The van der Waals surface area contributed by atoms with E-state index in [1.54, 1.807) is 14.2 Å². The SMILES string of the molecule is COc1ccc(-c2csc(N)n2)c(OC)c1.Cl. The third kappa shape index (κ3) is 2.81. The molecule has 0 atom stereocenters. The number of benzene rings is 1. The van der Waals surface area contributed by atoms with Crippen LogP contribution in [0.5, 0.6) is 11.5 Å². The van der Waals surface area contributed by atoms with Crippen molar-refractivity contribution in [1.29, 1.82) is 0 Å². The summed E-state index contributed by atoms with van der Waals surface area (Å²) in [5, 5.41) is 2.45. The summed E-state index contributed by atoms with van der Waals surface area (Å²) in [4.78, 5) is 4.22. The first-order chi connectivity index (χ1) is 7.74. The third-order valence-electron chi connectivity index (χ3n) is 2.21.